The van der Waals surface area contributed by atoms with Gasteiger partial charge in [0.15, 0.2) is 0 Å². The number of aliphatic hydroxyl groups is 1. The molecule has 0 amide bonds. The van der Waals surface area contributed by atoms with Crippen molar-refractivity contribution in [1.82, 2.24) is 9.80 Å². The van der Waals surface area contributed by atoms with Gasteiger partial charge in [-0.2, -0.15) is 0 Å². The lowest BCUT2D eigenvalue weighted by molar-refractivity contribution is 0.123. The molecule has 112 valence electrons. The monoisotopic (exact) mass is 268 g/mol. The molecule has 1 aliphatic heterocycles. The van der Waals surface area contributed by atoms with E-state index in [0.717, 1.165) is 18.4 Å². The Balaban J connectivity index is 1.61. The number of rotatable bonds is 6. The molecule has 2 rings (SSSR count). The van der Waals surface area contributed by atoms with Crippen LogP contribution in [0.25, 0.3) is 0 Å². The van der Waals surface area contributed by atoms with E-state index in [-0.39, 0.29) is 0 Å². The minimum absolute atomic E-state index is 0.312. The lowest BCUT2D eigenvalue weighted by Crippen LogP contribution is -2.40. The topological polar surface area (TPSA) is 26.7 Å². The maximum Gasteiger partial charge on any atom is 0.0558 e. The van der Waals surface area contributed by atoms with Gasteiger partial charge in [-0.1, -0.05) is 19.3 Å². The maximum absolute atomic E-state index is 8.96. The van der Waals surface area contributed by atoms with Gasteiger partial charge in [-0.15, -0.1) is 0 Å². The molecule has 0 spiro atoms. The van der Waals surface area contributed by atoms with Gasteiger partial charge in [-0.25, -0.2) is 0 Å². The van der Waals surface area contributed by atoms with Crippen LogP contribution in [-0.2, 0) is 0 Å². The van der Waals surface area contributed by atoms with Crippen LogP contribution in [0.4, 0.5) is 0 Å². The smallest absolute Gasteiger partial charge is 0.0558 e. The van der Waals surface area contributed by atoms with E-state index in [1.54, 1.807) is 0 Å². The fraction of sp³-hybridized carbons (Fsp3) is 1.00. The van der Waals surface area contributed by atoms with Crippen molar-refractivity contribution in [2.75, 3.05) is 46.4 Å². The van der Waals surface area contributed by atoms with Gasteiger partial charge < -0.3 is 14.9 Å². The third-order valence-corrected chi connectivity index (χ3v) is 4.99. The summed E-state index contributed by atoms with van der Waals surface area (Å²) in [6, 6.07) is 0. The van der Waals surface area contributed by atoms with Gasteiger partial charge >= 0.3 is 0 Å². The summed E-state index contributed by atoms with van der Waals surface area (Å²) in [5, 5.41) is 8.96. The van der Waals surface area contributed by atoms with Crippen molar-refractivity contribution in [3.63, 3.8) is 0 Å². The fourth-order valence-electron chi connectivity index (χ4n) is 3.86. The van der Waals surface area contributed by atoms with Crippen molar-refractivity contribution in [2.24, 2.45) is 11.8 Å². The third kappa shape index (κ3) is 5.41. The Labute approximate surface area is 119 Å². The molecule has 1 saturated carbocycles. The number of likely N-dealkylation sites (tertiary alicyclic amines) is 1. The van der Waals surface area contributed by atoms with Gasteiger partial charge in [0, 0.05) is 19.6 Å². The highest BCUT2D eigenvalue weighted by Crippen LogP contribution is 2.25. The van der Waals surface area contributed by atoms with Crippen molar-refractivity contribution >= 4 is 0 Å². The largest absolute Gasteiger partial charge is 0.395 e. The summed E-state index contributed by atoms with van der Waals surface area (Å²) >= 11 is 0. The SMILES string of the molecule is CN(CC1CCCCC1)CC1CCN(CCO)CC1. The first-order valence-electron chi connectivity index (χ1n) is 8.29. The molecule has 0 atom stereocenters. The molecule has 3 nitrogen and oxygen atoms in total. The van der Waals surface area contributed by atoms with Crippen molar-refractivity contribution in [3.05, 3.63) is 0 Å². The predicted molar refractivity (Wildman–Crippen MR) is 80.3 cm³/mol. The van der Waals surface area contributed by atoms with E-state index in [1.807, 2.05) is 0 Å². The van der Waals surface area contributed by atoms with Crippen molar-refractivity contribution in [2.45, 2.75) is 44.9 Å². The maximum atomic E-state index is 8.96. The van der Waals surface area contributed by atoms with Gasteiger partial charge in [-0.05, 0) is 57.7 Å². The molecule has 0 aromatic rings. The molecule has 1 aliphatic carbocycles. The summed E-state index contributed by atoms with van der Waals surface area (Å²) in [5.41, 5.74) is 0. The predicted octanol–water partition coefficient (Wildman–Crippen LogP) is 2.20. The van der Waals surface area contributed by atoms with Gasteiger partial charge in [0.25, 0.3) is 0 Å². The molecule has 0 radical (unpaired) electrons. The first-order chi connectivity index (χ1) is 9.28. The van der Waals surface area contributed by atoms with Gasteiger partial charge in [-0.3, -0.25) is 0 Å². The molecule has 3 heteroatoms. The summed E-state index contributed by atoms with van der Waals surface area (Å²) in [5.74, 6) is 1.84. The van der Waals surface area contributed by atoms with Gasteiger partial charge in [0.05, 0.1) is 6.61 Å². The Morgan fingerprint density at radius 2 is 1.53 bits per heavy atom. The molecule has 19 heavy (non-hydrogen) atoms. The Morgan fingerprint density at radius 3 is 2.11 bits per heavy atom. The van der Waals surface area contributed by atoms with Crippen LogP contribution in [0.3, 0.4) is 0 Å². The molecule has 0 bridgehead atoms. The van der Waals surface area contributed by atoms with E-state index in [1.165, 1.54) is 71.1 Å². The molecular weight excluding hydrogens is 236 g/mol. The minimum atomic E-state index is 0.312. The molecule has 1 N–H and O–H groups in total. The first kappa shape index (κ1) is 15.3. The fourth-order valence-corrected chi connectivity index (χ4v) is 3.86. The molecule has 0 unspecified atom stereocenters. The highest BCUT2D eigenvalue weighted by Gasteiger charge is 2.21. The second kappa shape index (κ2) is 8.23. The van der Waals surface area contributed by atoms with Crippen LogP contribution in [0.1, 0.15) is 44.9 Å². The highest BCUT2D eigenvalue weighted by atomic mass is 16.3. The Morgan fingerprint density at radius 1 is 0.947 bits per heavy atom. The van der Waals surface area contributed by atoms with Crippen LogP contribution in [0.15, 0.2) is 0 Å². The molecule has 2 fully saturated rings. The molecule has 1 heterocycles. The first-order valence-corrected chi connectivity index (χ1v) is 8.29. The van der Waals surface area contributed by atoms with Gasteiger partial charge in [0.2, 0.25) is 0 Å². The number of piperidine rings is 1. The van der Waals surface area contributed by atoms with E-state index in [0.29, 0.717) is 6.61 Å². The number of nitrogens with zero attached hydrogens (tertiary/aromatic N) is 2. The molecule has 2 aliphatic rings. The van der Waals surface area contributed by atoms with Crippen LogP contribution in [0.5, 0.6) is 0 Å². The lowest BCUT2D eigenvalue weighted by Gasteiger charge is -2.35. The second-order valence-electron chi connectivity index (χ2n) is 6.73. The van der Waals surface area contributed by atoms with Crippen LogP contribution in [0, 0.1) is 11.8 Å². The normalized spacial score (nSPS) is 24.2. The Bertz CT molecular complexity index is 233. The highest BCUT2D eigenvalue weighted by molar-refractivity contribution is 4.76. The average molecular weight is 268 g/mol. The quantitative estimate of drug-likeness (QED) is 0.800. The van der Waals surface area contributed by atoms with Crippen LogP contribution >= 0.6 is 0 Å². The van der Waals surface area contributed by atoms with Crippen LogP contribution in [-0.4, -0.2) is 61.3 Å². The van der Waals surface area contributed by atoms with Crippen molar-refractivity contribution in [1.29, 1.82) is 0 Å². The molecular formula is C16H32N2O. The molecule has 0 aromatic carbocycles. The summed E-state index contributed by atoms with van der Waals surface area (Å²) in [6.45, 7) is 6.14. The standard InChI is InChI=1S/C16H32N2O/c1-17(13-15-5-3-2-4-6-15)14-16-7-9-18(10-8-16)11-12-19/h15-16,19H,2-14H2,1H3. The Hall–Kier alpha value is -0.120. The zero-order valence-electron chi connectivity index (χ0n) is 12.7. The summed E-state index contributed by atoms with van der Waals surface area (Å²) < 4.78 is 0. The van der Waals surface area contributed by atoms with E-state index < -0.39 is 0 Å². The van der Waals surface area contributed by atoms with E-state index in [2.05, 4.69) is 16.8 Å². The van der Waals surface area contributed by atoms with Gasteiger partial charge in [0.1, 0.15) is 0 Å². The summed E-state index contributed by atoms with van der Waals surface area (Å²) in [4.78, 5) is 4.99. The minimum Gasteiger partial charge on any atom is -0.395 e. The number of aliphatic hydroxyl groups excluding tert-OH is 1. The molecule has 1 saturated heterocycles. The van der Waals surface area contributed by atoms with Crippen molar-refractivity contribution in [3.8, 4) is 0 Å². The zero-order chi connectivity index (χ0) is 13.5. The third-order valence-electron chi connectivity index (χ3n) is 4.99. The number of hydrogen-bond acceptors (Lipinski definition) is 3. The summed E-state index contributed by atoms with van der Waals surface area (Å²) in [7, 11) is 2.31. The molecule has 0 aromatic heterocycles. The van der Waals surface area contributed by atoms with E-state index in [9.17, 15) is 0 Å². The van der Waals surface area contributed by atoms with E-state index >= 15 is 0 Å². The lowest BCUT2D eigenvalue weighted by atomic mass is 9.88. The number of β-amino-alcohol motifs (C(OH)–C–C–N with tert-alkyl or cyclic N) is 1. The zero-order valence-corrected chi connectivity index (χ0v) is 12.7. The van der Waals surface area contributed by atoms with Crippen molar-refractivity contribution < 1.29 is 5.11 Å². The number of hydrogen-bond donors (Lipinski definition) is 1. The Kier molecular flexibility index (Phi) is 6.62. The van der Waals surface area contributed by atoms with Crippen LogP contribution in [0.2, 0.25) is 0 Å². The second-order valence-corrected chi connectivity index (χ2v) is 6.73. The van der Waals surface area contributed by atoms with Crippen LogP contribution < -0.4 is 0 Å². The average Bonchev–Trinajstić information content (AvgIpc) is 2.42. The van der Waals surface area contributed by atoms with E-state index in [4.69, 9.17) is 5.11 Å². The summed E-state index contributed by atoms with van der Waals surface area (Å²) in [6.07, 6.45) is 9.92.